The Labute approximate surface area is 157 Å². The second-order valence-electron chi connectivity index (χ2n) is 6.33. The molecule has 2 heterocycles. The molecule has 26 heavy (non-hydrogen) atoms. The summed E-state index contributed by atoms with van der Waals surface area (Å²) in [6, 6.07) is 8.30. The number of nitrogens with one attached hydrogen (secondary N) is 1. The Bertz CT molecular complexity index is 957. The minimum Gasteiger partial charge on any atom is -0.317 e. The van der Waals surface area contributed by atoms with E-state index >= 15 is 0 Å². The summed E-state index contributed by atoms with van der Waals surface area (Å²) in [6.07, 6.45) is 1.65. The Hall–Kier alpha value is -2.60. The summed E-state index contributed by atoms with van der Waals surface area (Å²) in [5, 5.41) is 12.0. The Balaban J connectivity index is 1.83. The molecular formula is C19H22ClN5O. The van der Waals surface area contributed by atoms with E-state index in [0.29, 0.717) is 23.8 Å². The normalized spacial score (nSPS) is 11.0. The molecule has 0 fully saturated rings. The highest BCUT2D eigenvalue weighted by atomic mass is 35.5. The summed E-state index contributed by atoms with van der Waals surface area (Å²) in [5.41, 5.74) is 4.94. The molecule has 1 amide bonds. The van der Waals surface area contributed by atoms with Crippen LogP contribution in [0.25, 0.3) is 0 Å². The van der Waals surface area contributed by atoms with Gasteiger partial charge in [0.2, 0.25) is 0 Å². The van der Waals surface area contributed by atoms with Crippen molar-refractivity contribution in [1.29, 1.82) is 0 Å². The number of amides is 1. The molecule has 7 heteroatoms. The van der Waals surface area contributed by atoms with Crippen molar-refractivity contribution in [2.45, 2.75) is 40.8 Å². The lowest BCUT2D eigenvalue weighted by Gasteiger charge is -2.07. The van der Waals surface area contributed by atoms with Gasteiger partial charge in [-0.2, -0.15) is 10.2 Å². The molecule has 0 aliphatic carbocycles. The highest BCUT2D eigenvalue weighted by Crippen LogP contribution is 2.23. The number of benzene rings is 1. The van der Waals surface area contributed by atoms with Crippen LogP contribution in [0, 0.1) is 20.8 Å². The maximum Gasteiger partial charge on any atom is 0.277 e. The number of aromatic nitrogens is 4. The number of hydrogen-bond acceptors (Lipinski definition) is 3. The number of carbonyl (C=O) groups excluding carboxylic acids is 1. The summed E-state index contributed by atoms with van der Waals surface area (Å²) in [4.78, 5) is 12.6. The van der Waals surface area contributed by atoms with Gasteiger partial charge in [-0.1, -0.05) is 41.4 Å². The maximum atomic E-state index is 12.6. The van der Waals surface area contributed by atoms with Crippen molar-refractivity contribution in [1.82, 2.24) is 19.6 Å². The fraction of sp³-hybridized carbons (Fsp3) is 0.316. The molecule has 0 unspecified atom stereocenters. The summed E-state index contributed by atoms with van der Waals surface area (Å²) in [7, 11) is 0. The van der Waals surface area contributed by atoms with Crippen molar-refractivity contribution < 1.29 is 4.79 Å². The van der Waals surface area contributed by atoms with Crippen LogP contribution in [0.5, 0.6) is 0 Å². The predicted octanol–water partition coefficient (Wildman–Crippen LogP) is 3.98. The predicted molar refractivity (Wildman–Crippen MR) is 103 cm³/mol. The van der Waals surface area contributed by atoms with Gasteiger partial charge in [0.1, 0.15) is 0 Å². The first-order valence-electron chi connectivity index (χ1n) is 8.53. The smallest absolute Gasteiger partial charge is 0.277 e. The minimum absolute atomic E-state index is 0.221. The number of carbonyl (C=O) groups is 1. The van der Waals surface area contributed by atoms with Crippen LogP contribution in [-0.4, -0.2) is 25.5 Å². The number of aryl methyl sites for hydroxylation is 3. The second-order valence-corrected chi connectivity index (χ2v) is 6.74. The SMILES string of the molecule is CCn1cc(Cl)c(C(=O)Nc2c(C)nn(Cc3cccc(C)c3)c2C)n1. The van der Waals surface area contributed by atoms with Gasteiger partial charge in [0.25, 0.3) is 5.91 Å². The summed E-state index contributed by atoms with van der Waals surface area (Å²) in [5.74, 6) is -0.330. The largest absolute Gasteiger partial charge is 0.317 e. The standard InChI is InChI=1S/C19H22ClN5O/c1-5-24-11-16(20)18(23-24)19(26)21-17-13(3)22-25(14(17)4)10-15-8-6-7-12(2)9-15/h6-9,11H,5,10H2,1-4H3,(H,21,26). The fourth-order valence-corrected chi connectivity index (χ4v) is 3.14. The van der Waals surface area contributed by atoms with Crippen LogP contribution < -0.4 is 5.32 Å². The first-order chi connectivity index (χ1) is 12.4. The van der Waals surface area contributed by atoms with Crippen LogP contribution in [0.4, 0.5) is 5.69 Å². The highest BCUT2D eigenvalue weighted by Gasteiger charge is 2.19. The molecule has 1 N–H and O–H groups in total. The first-order valence-corrected chi connectivity index (χ1v) is 8.90. The Morgan fingerprint density at radius 1 is 1.23 bits per heavy atom. The summed E-state index contributed by atoms with van der Waals surface area (Å²) >= 11 is 6.13. The van der Waals surface area contributed by atoms with Crippen LogP contribution in [0.2, 0.25) is 5.02 Å². The van der Waals surface area contributed by atoms with Crippen molar-refractivity contribution in [3.05, 3.63) is 63.7 Å². The molecule has 136 valence electrons. The molecular weight excluding hydrogens is 350 g/mol. The molecule has 0 aliphatic rings. The van der Waals surface area contributed by atoms with E-state index in [4.69, 9.17) is 11.6 Å². The van der Waals surface area contributed by atoms with E-state index in [-0.39, 0.29) is 11.6 Å². The average Bonchev–Trinajstić information content (AvgIpc) is 3.10. The molecule has 3 aromatic rings. The topological polar surface area (TPSA) is 64.7 Å². The number of hydrogen-bond donors (Lipinski definition) is 1. The third-order valence-corrected chi connectivity index (χ3v) is 4.57. The van der Waals surface area contributed by atoms with Gasteiger partial charge in [-0.25, -0.2) is 0 Å². The van der Waals surface area contributed by atoms with E-state index in [1.807, 2.05) is 31.5 Å². The van der Waals surface area contributed by atoms with Crippen molar-refractivity contribution in [2.75, 3.05) is 5.32 Å². The van der Waals surface area contributed by atoms with Crippen LogP contribution >= 0.6 is 11.6 Å². The molecule has 0 aliphatic heterocycles. The summed E-state index contributed by atoms with van der Waals surface area (Å²) < 4.78 is 3.53. The molecule has 0 spiro atoms. The second kappa shape index (κ2) is 7.33. The third kappa shape index (κ3) is 3.65. The van der Waals surface area contributed by atoms with Crippen LogP contribution in [0.15, 0.2) is 30.5 Å². The van der Waals surface area contributed by atoms with Gasteiger partial charge in [0.15, 0.2) is 5.69 Å². The molecule has 1 aromatic carbocycles. The van der Waals surface area contributed by atoms with Gasteiger partial charge >= 0.3 is 0 Å². The molecule has 6 nitrogen and oxygen atoms in total. The molecule has 0 bridgehead atoms. The number of halogens is 1. The Morgan fingerprint density at radius 3 is 2.65 bits per heavy atom. The van der Waals surface area contributed by atoms with Crippen LogP contribution in [0.3, 0.4) is 0 Å². The molecule has 0 saturated heterocycles. The zero-order valence-corrected chi connectivity index (χ0v) is 16.1. The van der Waals surface area contributed by atoms with Gasteiger partial charge in [0.05, 0.1) is 28.6 Å². The quantitative estimate of drug-likeness (QED) is 0.737. The van der Waals surface area contributed by atoms with Crippen molar-refractivity contribution in [3.63, 3.8) is 0 Å². The molecule has 3 rings (SSSR count). The van der Waals surface area contributed by atoms with E-state index in [1.165, 1.54) is 11.1 Å². The van der Waals surface area contributed by atoms with Gasteiger partial charge in [-0.3, -0.25) is 14.2 Å². The highest BCUT2D eigenvalue weighted by molar-refractivity contribution is 6.34. The molecule has 0 saturated carbocycles. The Kier molecular flexibility index (Phi) is 5.13. The van der Waals surface area contributed by atoms with Gasteiger partial charge in [0, 0.05) is 12.7 Å². The lowest BCUT2D eigenvalue weighted by molar-refractivity contribution is 0.102. The lowest BCUT2D eigenvalue weighted by atomic mass is 10.1. The maximum absolute atomic E-state index is 12.6. The lowest BCUT2D eigenvalue weighted by Crippen LogP contribution is -2.15. The monoisotopic (exact) mass is 371 g/mol. The van der Waals surface area contributed by atoms with Crippen molar-refractivity contribution in [3.8, 4) is 0 Å². The van der Waals surface area contributed by atoms with E-state index < -0.39 is 0 Å². The van der Waals surface area contributed by atoms with E-state index in [1.54, 1.807) is 10.9 Å². The van der Waals surface area contributed by atoms with Crippen LogP contribution in [-0.2, 0) is 13.1 Å². The zero-order chi connectivity index (χ0) is 18.8. The zero-order valence-electron chi connectivity index (χ0n) is 15.4. The van der Waals surface area contributed by atoms with Gasteiger partial charge < -0.3 is 5.32 Å². The fourth-order valence-electron chi connectivity index (χ4n) is 2.90. The molecule has 0 atom stereocenters. The van der Waals surface area contributed by atoms with E-state index in [0.717, 1.165) is 11.4 Å². The van der Waals surface area contributed by atoms with E-state index in [9.17, 15) is 4.79 Å². The number of rotatable bonds is 5. The number of anilines is 1. The van der Waals surface area contributed by atoms with Gasteiger partial charge in [-0.15, -0.1) is 0 Å². The summed E-state index contributed by atoms with van der Waals surface area (Å²) in [6.45, 7) is 9.12. The minimum atomic E-state index is -0.330. The van der Waals surface area contributed by atoms with Crippen LogP contribution in [0.1, 0.15) is 39.9 Å². The molecule has 2 aromatic heterocycles. The van der Waals surface area contributed by atoms with Crippen molar-refractivity contribution in [2.24, 2.45) is 0 Å². The number of nitrogens with zero attached hydrogens (tertiary/aromatic N) is 4. The van der Waals surface area contributed by atoms with E-state index in [2.05, 4.69) is 40.6 Å². The molecule has 0 radical (unpaired) electrons. The van der Waals surface area contributed by atoms with Gasteiger partial charge in [-0.05, 0) is 33.3 Å². The third-order valence-electron chi connectivity index (χ3n) is 4.29. The van der Waals surface area contributed by atoms with Crippen molar-refractivity contribution >= 4 is 23.2 Å². The average molecular weight is 372 g/mol. The Morgan fingerprint density at radius 2 is 2.00 bits per heavy atom. The first kappa shape index (κ1) is 18.2.